The number of aromatic nitrogens is 3. The van der Waals surface area contributed by atoms with E-state index >= 15 is 0 Å². The summed E-state index contributed by atoms with van der Waals surface area (Å²) in [6.07, 6.45) is 1.67. The van der Waals surface area contributed by atoms with E-state index in [2.05, 4.69) is 15.0 Å². The Morgan fingerprint density at radius 2 is 2.00 bits per heavy atom. The van der Waals surface area contributed by atoms with Gasteiger partial charge in [0.2, 0.25) is 0 Å². The van der Waals surface area contributed by atoms with Gasteiger partial charge in [0.05, 0.1) is 36.5 Å². The second-order valence-corrected chi connectivity index (χ2v) is 8.16. The number of methoxy groups -OCH3 is 1. The maximum atomic E-state index is 12.8. The number of aromatic amines is 1. The monoisotopic (exact) mass is 441 g/mol. The van der Waals surface area contributed by atoms with Crippen LogP contribution in [0.25, 0.3) is 11.0 Å². The first-order valence-electron chi connectivity index (χ1n) is 9.30. The average molecular weight is 441 g/mol. The van der Waals surface area contributed by atoms with Gasteiger partial charge in [0.1, 0.15) is 5.75 Å². The summed E-state index contributed by atoms with van der Waals surface area (Å²) in [6, 6.07) is 9.43. The number of nitrogens with one attached hydrogen (secondary N) is 1. The SMILES string of the molecule is COC1OCC(COc2ccnc(C[S+]([O-])c3nc4ccccc4[nH]3)c2C)CO1.[NaH]. The number of ether oxygens (including phenoxy) is 4. The van der Waals surface area contributed by atoms with E-state index in [1.165, 1.54) is 0 Å². The van der Waals surface area contributed by atoms with E-state index in [1.54, 1.807) is 13.3 Å². The van der Waals surface area contributed by atoms with Crippen LogP contribution in [0.5, 0.6) is 5.75 Å². The zero-order valence-electron chi connectivity index (χ0n) is 16.3. The number of benzene rings is 1. The standard InChI is InChI=1S/C20H23N3O5S.Na.H/c1-13-17(12-29(24)19-22-15-5-3-4-6-16(15)23-19)21-8-7-18(13)26-9-14-10-27-20(25-2)28-11-14;;/h3-8,14,20H,9-12H2,1-2H3,(H,22,23);;. The summed E-state index contributed by atoms with van der Waals surface area (Å²) in [7, 11) is 1.54. The van der Waals surface area contributed by atoms with Gasteiger partial charge in [0.25, 0.3) is 6.48 Å². The summed E-state index contributed by atoms with van der Waals surface area (Å²) < 4.78 is 34.6. The molecule has 1 aromatic carbocycles. The molecule has 0 amide bonds. The molecule has 0 bridgehead atoms. The first kappa shape index (κ1) is 23.5. The number of hydrogen-bond donors (Lipinski definition) is 1. The number of hydrogen-bond acceptors (Lipinski definition) is 7. The Morgan fingerprint density at radius 1 is 1.23 bits per heavy atom. The molecule has 30 heavy (non-hydrogen) atoms. The molecular formula is C20H24N3NaO5S. The molecule has 2 aromatic heterocycles. The number of para-hydroxylation sites is 2. The second kappa shape index (κ2) is 10.9. The zero-order valence-corrected chi connectivity index (χ0v) is 17.1. The van der Waals surface area contributed by atoms with Crippen LogP contribution in [-0.2, 0) is 31.1 Å². The molecule has 4 rings (SSSR count). The van der Waals surface area contributed by atoms with Crippen molar-refractivity contribution in [1.29, 1.82) is 0 Å². The van der Waals surface area contributed by atoms with Crippen LogP contribution < -0.4 is 4.74 Å². The van der Waals surface area contributed by atoms with E-state index in [0.717, 1.165) is 22.3 Å². The predicted molar refractivity (Wildman–Crippen MR) is 114 cm³/mol. The summed E-state index contributed by atoms with van der Waals surface area (Å²) in [5.41, 5.74) is 3.25. The van der Waals surface area contributed by atoms with E-state index in [-0.39, 0.29) is 41.2 Å². The van der Waals surface area contributed by atoms with Gasteiger partial charge in [0, 0.05) is 36.0 Å². The second-order valence-electron chi connectivity index (χ2n) is 6.80. The third-order valence-corrected chi connectivity index (χ3v) is 5.87. The summed E-state index contributed by atoms with van der Waals surface area (Å²) in [6.45, 7) is 2.78. The van der Waals surface area contributed by atoms with Gasteiger partial charge in [-0.15, -0.1) is 0 Å². The van der Waals surface area contributed by atoms with Crippen molar-refractivity contribution >= 4 is 51.8 Å². The number of nitrogens with zero attached hydrogens (tertiary/aromatic N) is 2. The van der Waals surface area contributed by atoms with Crippen molar-refractivity contribution in [1.82, 2.24) is 15.0 Å². The van der Waals surface area contributed by atoms with E-state index in [9.17, 15) is 4.55 Å². The number of pyridine rings is 1. The first-order valence-corrected chi connectivity index (χ1v) is 10.6. The molecule has 1 aliphatic rings. The molecular weight excluding hydrogens is 417 g/mol. The Labute approximate surface area is 200 Å². The third kappa shape index (κ3) is 5.54. The topological polar surface area (TPSA) is 102 Å². The van der Waals surface area contributed by atoms with E-state index < -0.39 is 17.7 Å². The first-order chi connectivity index (χ1) is 14.1. The average Bonchev–Trinajstić information content (AvgIpc) is 3.19. The van der Waals surface area contributed by atoms with Crippen LogP contribution in [0.1, 0.15) is 11.3 Å². The molecule has 1 saturated heterocycles. The Balaban J connectivity index is 0.00000256. The van der Waals surface area contributed by atoms with Crippen LogP contribution in [0.15, 0.2) is 41.7 Å². The molecule has 10 heteroatoms. The van der Waals surface area contributed by atoms with Gasteiger partial charge in [-0.2, -0.15) is 4.98 Å². The van der Waals surface area contributed by atoms with Crippen LogP contribution >= 0.6 is 0 Å². The van der Waals surface area contributed by atoms with E-state index in [4.69, 9.17) is 18.9 Å². The van der Waals surface area contributed by atoms with Gasteiger partial charge in [-0.25, -0.2) is 0 Å². The predicted octanol–water partition coefficient (Wildman–Crippen LogP) is 1.90. The quantitative estimate of drug-likeness (QED) is 0.441. The molecule has 1 unspecified atom stereocenters. The third-order valence-electron chi connectivity index (χ3n) is 4.71. The van der Waals surface area contributed by atoms with E-state index in [0.29, 0.717) is 30.7 Å². The molecule has 1 fully saturated rings. The Kier molecular flexibility index (Phi) is 8.55. The number of fused-ring (bicyclic) bond motifs is 1. The fourth-order valence-corrected chi connectivity index (χ4v) is 4.16. The maximum absolute atomic E-state index is 12.8. The van der Waals surface area contributed by atoms with Gasteiger partial charge in [-0.3, -0.25) is 9.97 Å². The van der Waals surface area contributed by atoms with Crippen LogP contribution in [0, 0.1) is 12.8 Å². The molecule has 0 saturated carbocycles. The van der Waals surface area contributed by atoms with Crippen molar-refractivity contribution < 1.29 is 23.5 Å². The minimum absolute atomic E-state index is 0. The fraction of sp³-hybridized carbons (Fsp3) is 0.400. The molecule has 1 aliphatic heterocycles. The molecule has 0 radical (unpaired) electrons. The van der Waals surface area contributed by atoms with Crippen LogP contribution in [0.3, 0.4) is 0 Å². The molecule has 0 spiro atoms. The zero-order chi connectivity index (χ0) is 20.2. The van der Waals surface area contributed by atoms with Crippen LogP contribution in [0.4, 0.5) is 0 Å². The molecule has 156 valence electrons. The molecule has 8 nitrogen and oxygen atoms in total. The number of imidazole rings is 1. The molecule has 0 aliphatic carbocycles. The Morgan fingerprint density at radius 3 is 2.73 bits per heavy atom. The normalized spacial score (nSPS) is 20.0. The van der Waals surface area contributed by atoms with Crippen molar-refractivity contribution in [3.63, 3.8) is 0 Å². The molecule has 1 N–H and O–H groups in total. The van der Waals surface area contributed by atoms with Crippen molar-refractivity contribution in [3.8, 4) is 5.75 Å². The summed E-state index contributed by atoms with van der Waals surface area (Å²) in [5, 5.41) is 0.447. The van der Waals surface area contributed by atoms with Crippen molar-refractivity contribution in [3.05, 3.63) is 47.8 Å². The van der Waals surface area contributed by atoms with Gasteiger partial charge < -0.3 is 23.5 Å². The number of H-pyrrole nitrogens is 1. The minimum atomic E-state index is -1.34. The van der Waals surface area contributed by atoms with E-state index in [1.807, 2.05) is 37.3 Å². The Hall–Kier alpha value is -1.17. The fourth-order valence-electron chi connectivity index (χ4n) is 3.06. The molecule has 1 atom stereocenters. The van der Waals surface area contributed by atoms with Crippen LogP contribution in [0.2, 0.25) is 0 Å². The Bertz CT molecular complexity index is 932. The van der Waals surface area contributed by atoms with Gasteiger partial charge in [-0.05, 0) is 25.1 Å². The molecule has 3 heterocycles. The van der Waals surface area contributed by atoms with Crippen molar-refractivity contribution in [2.24, 2.45) is 5.92 Å². The van der Waals surface area contributed by atoms with Crippen molar-refractivity contribution in [2.45, 2.75) is 24.3 Å². The number of rotatable bonds is 7. The van der Waals surface area contributed by atoms with Crippen molar-refractivity contribution in [2.75, 3.05) is 26.9 Å². The van der Waals surface area contributed by atoms with Gasteiger partial charge >= 0.3 is 34.7 Å². The molecule has 3 aromatic rings. The summed E-state index contributed by atoms with van der Waals surface area (Å²) in [4.78, 5) is 11.9. The van der Waals surface area contributed by atoms with Gasteiger partial charge in [-0.1, -0.05) is 12.1 Å². The summed E-state index contributed by atoms with van der Waals surface area (Å²) >= 11 is -1.34. The van der Waals surface area contributed by atoms with Crippen LogP contribution in [-0.4, -0.2) is 82.5 Å². The summed E-state index contributed by atoms with van der Waals surface area (Å²) in [5.74, 6) is 1.08. The van der Waals surface area contributed by atoms with Gasteiger partial charge in [0.15, 0.2) is 5.75 Å².